The number of fused-ring (bicyclic) bond motifs is 1. The minimum absolute atomic E-state index is 0.106. The average molecular weight is 300 g/mol. The number of thiophene rings is 1. The molecular formula is C15H12N2OS2. The van der Waals surface area contributed by atoms with Crippen LogP contribution in [0, 0.1) is 0 Å². The number of hydrogen-bond donors (Lipinski definition) is 0. The van der Waals surface area contributed by atoms with Crippen molar-refractivity contribution < 1.29 is 4.79 Å². The van der Waals surface area contributed by atoms with Crippen LogP contribution in [-0.2, 0) is 11.2 Å². The molecule has 2 aliphatic heterocycles. The molecule has 1 aromatic carbocycles. The van der Waals surface area contributed by atoms with Gasteiger partial charge in [0.15, 0.2) is 0 Å². The summed E-state index contributed by atoms with van der Waals surface area (Å²) in [6, 6.07) is 8.22. The quantitative estimate of drug-likeness (QED) is 0.845. The van der Waals surface area contributed by atoms with Crippen LogP contribution in [0.2, 0.25) is 0 Å². The van der Waals surface area contributed by atoms with Crippen LogP contribution in [0.5, 0.6) is 0 Å². The van der Waals surface area contributed by atoms with Crippen molar-refractivity contribution in [2.45, 2.75) is 11.8 Å². The van der Waals surface area contributed by atoms with Crippen LogP contribution < -0.4 is 4.90 Å². The number of anilines is 1. The molecule has 1 amide bonds. The highest BCUT2D eigenvalue weighted by Crippen LogP contribution is 2.43. The van der Waals surface area contributed by atoms with E-state index < -0.39 is 0 Å². The van der Waals surface area contributed by atoms with Gasteiger partial charge in [-0.3, -0.25) is 14.7 Å². The van der Waals surface area contributed by atoms with Crippen LogP contribution in [0.1, 0.15) is 16.5 Å². The molecular weight excluding hydrogens is 288 g/mol. The molecule has 1 fully saturated rings. The summed E-state index contributed by atoms with van der Waals surface area (Å²) < 4.78 is 0. The Bertz CT molecular complexity index is 694. The summed E-state index contributed by atoms with van der Waals surface area (Å²) in [6.45, 7) is 0. The molecule has 5 heteroatoms. The van der Waals surface area contributed by atoms with Gasteiger partial charge in [-0.1, -0.05) is 0 Å². The molecule has 1 saturated heterocycles. The lowest BCUT2D eigenvalue weighted by atomic mass is 10.1. The lowest BCUT2D eigenvalue weighted by Gasteiger charge is -2.24. The van der Waals surface area contributed by atoms with Crippen LogP contribution >= 0.6 is 23.1 Å². The van der Waals surface area contributed by atoms with E-state index in [0.29, 0.717) is 5.75 Å². The number of aliphatic imine (C=N–C) groups is 1. The molecule has 1 atom stereocenters. The zero-order valence-electron chi connectivity index (χ0n) is 10.7. The van der Waals surface area contributed by atoms with E-state index in [0.717, 1.165) is 17.8 Å². The smallest absolute Gasteiger partial charge is 0.238 e. The van der Waals surface area contributed by atoms with Gasteiger partial charge in [0.05, 0.1) is 11.4 Å². The number of rotatable bonds is 2. The number of hydrogen-bond acceptors (Lipinski definition) is 4. The second-order valence-corrected chi connectivity index (χ2v) is 6.66. The lowest BCUT2D eigenvalue weighted by Crippen LogP contribution is -2.27. The van der Waals surface area contributed by atoms with E-state index in [1.807, 2.05) is 23.2 Å². The molecule has 100 valence electrons. The Morgan fingerprint density at radius 3 is 3.10 bits per heavy atom. The number of thioether (sulfide) groups is 1. The first-order valence-corrected chi connectivity index (χ1v) is 8.43. The number of amides is 1. The Balaban J connectivity index is 1.74. The molecule has 1 unspecified atom stereocenters. The molecule has 0 radical (unpaired) electrons. The third-order valence-corrected chi connectivity index (χ3v) is 5.49. The minimum Gasteiger partial charge on any atom is -0.295 e. The van der Waals surface area contributed by atoms with Gasteiger partial charge in [0.2, 0.25) is 5.91 Å². The maximum absolute atomic E-state index is 12.3. The van der Waals surface area contributed by atoms with Gasteiger partial charge >= 0.3 is 0 Å². The molecule has 20 heavy (non-hydrogen) atoms. The molecule has 0 N–H and O–H groups in total. The van der Waals surface area contributed by atoms with Gasteiger partial charge in [0.1, 0.15) is 5.37 Å². The summed E-state index contributed by atoms with van der Waals surface area (Å²) in [6.07, 6.45) is 2.78. The van der Waals surface area contributed by atoms with Gasteiger partial charge in [-0.25, -0.2) is 0 Å². The summed E-state index contributed by atoms with van der Waals surface area (Å²) in [5.74, 6) is 0.735. The molecule has 0 spiro atoms. The first-order chi connectivity index (χ1) is 9.83. The maximum atomic E-state index is 12.3. The van der Waals surface area contributed by atoms with Gasteiger partial charge in [0, 0.05) is 18.3 Å². The molecule has 3 heterocycles. The first kappa shape index (κ1) is 12.2. The number of benzene rings is 1. The predicted octanol–water partition coefficient (Wildman–Crippen LogP) is 3.79. The highest BCUT2D eigenvalue weighted by Gasteiger charge is 2.34. The second-order valence-electron chi connectivity index (χ2n) is 4.81. The van der Waals surface area contributed by atoms with Crippen molar-refractivity contribution in [2.24, 2.45) is 4.99 Å². The van der Waals surface area contributed by atoms with Gasteiger partial charge < -0.3 is 0 Å². The van der Waals surface area contributed by atoms with Crippen molar-refractivity contribution >= 4 is 46.6 Å². The Morgan fingerprint density at radius 1 is 1.30 bits per heavy atom. The first-order valence-electron chi connectivity index (χ1n) is 6.44. The molecule has 0 saturated carbocycles. The predicted molar refractivity (Wildman–Crippen MR) is 85.3 cm³/mol. The fraction of sp³-hybridized carbons (Fsp3) is 0.200. The standard InChI is InChI=1S/C15H12N2OS2/c18-14-9-20-15(11-4-6-19-8-11)17(14)12-1-2-13-10(7-12)3-5-16-13/h1-2,4-8,15H,3,9H2. The Kier molecular flexibility index (Phi) is 2.89. The fourth-order valence-corrected chi connectivity index (χ4v) is 4.55. The van der Waals surface area contributed by atoms with E-state index in [-0.39, 0.29) is 11.3 Å². The molecule has 0 bridgehead atoms. The largest absolute Gasteiger partial charge is 0.295 e. The van der Waals surface area contributed by atoms with E-state index in [4.69, 9.17) is 0 Å². The summed E-state index contributed by atoms with van der Waals surface area (Å²) in [4.78, 5) is 18.5. The number of carbonyl (C=O) groups is 1. The fourth-order valence-electron chi connectivity index (χ4n) is 2.62. The van der Waals surface area contributed by atoms with E-state index in [2.05, 4.69) is 27.9 Å². The summed E-state index contributed by atoms with van der Waals surface area (Å²) in [5, 5.41) is 4.29. The summed E-state index contributed by atoms with van der Waals surface area (Å²) >= 11 is 3.37. The van der Waals surface area contributed by atoms with Crippen LogP contribution in [-0.4, -0.2) is 17.9 Å². The van der Waals surface area contributed by atoms with Gasteiger partial charge in [0.25, 0.3) is 0 Å². The average Bonchev–Trinajstić information content (AvgIpc) is 3.17. The zero-order chi connectivity index (χ0) is 13.5. The molecule has 4 rings (SSSR count). The Hall–Kier alpha value is -1.59. The lowest BCUT2D eigenvalue weighted by molar-refractivity contribution is -0.115. The van der Waals surface area contributed by atoms with E-state index >= 15 is 0 Å². The van der Waals surface area contributed by atoms with E-state index in [1.165, 1.54) is 11.1 Å². The third kappa shape index (κ3) is 1.89. The zero-order valence-corrected chi connectivity index (χ0v) is 12.3. The maximum Gasteiger partial charge on any atom is 0.238 e. The molecule has 3 nitrogen and oxygen atoms in total. The molecule has 2 aliphatic rings. The molecule has 2 aromatic rings. The highest BCUT2D eigenvalue weighted by molar-refractivity contribution is 8.00. The summed E-state index contributed by atoms with van der Waals surface area (Å²) in [5.41, 5.74) is 4.43. The van der Waals surface area contributed by atoms with Crippen molar-refractivity contribution in [3.8, 4) is 0 Å². The second kappa shape index (κ2) is 4.75. The van der Waals surface area contributed by atoms with Crippen molar-refractivity contribution in [3.05, 3.63) is 46.2 Å². The van der Waals surface area contributed by atoms with Crippen molar-refractivity contribution in [3.63, 3.8) is 0 Å². The third-order valence-electron chi connectivity index (χ3n) is 3.58. The van der Waals surface area contributed by atoms with Crippen LogP contribution in [0.15, 0.2) is 40.0 Å². The van der Waals surface area contributed by atoms with Crippen LogP contribution in [0.4, 0.5) is 11.4 Å². The van der Waals surface area contributed by atoms with E-state index in [9.17, 15) is 4.79 Å². The summed E-state index contributed by atoms with van der Waals surface area (Å²) in [7, 11) is 0. The van der Waals surface area contributed by atoms with Crippen LogP contribution in [0.3, 0.4) is 0 Å². The number of nitrogens with zero attached hydrogens (tertiary/aromatic N) is 2. The molecule has 0 aliphatic carbocycles. The van der Waals surface area contributed by atoms with Crippen LogP contribution in [0.25, 0.3) is 0 Å². The monoisotopic (exact) mass is 300 g/mol. The highest BCUT2D eigenvalue weighted by atomic mass is 32.2. The molecule has 1 aromatic heterocycles. The van der Waals surface area contributed by atoms with Crippen molar-refractivity contribution in [1.29, 1.82) is 0 Å². The van der Waals surface area contributed by atoms with Crippen molar-refractivity contribution in [2.75, 3.05) is 10.7 Å². The van der Waals surface area contributed by atoms with E-state index in [1.54, 1.807) is 23.1 Å². The normalized spacial score (nSPS) is 20.7. The SMILES string of the molecule is O=C1CSC(c2ccsc2)N1c1ccc2c(c1)CC=N2. The minimum atomic E-state index is 0.106. The van der Waals surface area contributed by atoms with Gasteiger partial charge in [-0.05, 0) is 46.2 Å². The topological polar surface area (TPSA) is 32.7 Å². The van der Waals surface area contributed by atoms with Crippen molar-refractivity contribution in [1.82, 2.24) is 0 Å². The van der Waals surface area contributed by atoms with Gasteiger partial charge in [-0.15, -0.1) is 11.8 Å². The number of carbonyl (C=O) groups excluding carboxylic acids is 1. The Morgan fingerprint density at radius 2 is 2.25 bits per heavy atom. The van der Waals surface area contributed by atoms with Gasteiger partial charge in [-0.2, -0.15) is 11.3 Å². The Labute approximate surface area is 125 Å².